The largest absolute Gasteiger partial charge is 0.550 e. The Bertz CT molecular complexity index is 942. The molecule has 0 saturated carbocycles. The summed E-state index contributed by atoms with van der Waals surface area (Å²) in [5.41, 5.74) is -3.81. The zero-order valence-corrected chi connectivity index (χ0v) is 15.9. The predicted molar refractivity (Wildman–Crippen MR) is 92.2 cm³/mol. The lowest BCUT2D eigenvalue weighted by molar-refractivity contribution is -0.772. The van der Waals surface area contributed by atoms with Crippen molar-refractivity contribution in [2.45, 2.75) is 11.1 Å². The molecule has 6 atom stereocenters. The van der Waals surface area contributed by atoms with Gasteiger partial charge in [0.2, 0.25) is 0 Å². The molecule has 0 aromatic heterocycles. The number of rotatable bonds is 6. The standard InChI is InChI=1S/C22H19NO8/c24-17(25)13-15(19(28)29)22(12-9-5-2-6-10-12)16(20(30)31)14(18(26)27)21(13,23-22)11-7-3-1-4-8-11/h1-10,13-16,23H,(H,24,25)(H,26,27)(H,28,29)(H,30,31)/p-3/t13-,14-,15-,16+,21?,22?/m0/s1. The molecule has 2 bridgehead atoms. The van der Waals surface area contributed by atoms with Gasteiger partial charge in [0.1, 0.15) is 11.1 Å². The normalized spacial score (nSPS) is 33.7. The Morgan fingerprint density at radius 3 is 1.03 bits per heavy atom. The van der Waals surface area contributed by atoms with Crippen LogP contribution in [0.4, 0.5) is 0 Å². The highest BCUT2D eigenvalue weighted by Gasteiger charge is 2.80. The Hall–Kier alpha value is -3.72. The number of nitrogens with two attached hydrogens (primary N) is 1. The molecule has 9 nitrogen and oxygen atoms in total. The third kappa shape index (κ3) is 2.53. The molecule has 9 heteroatoms. The van der Waals surface area contributed by atoms with Crippen LogP contribution in [0.3, 0.4) is 0 Å². The maximum absolute atomic E-state index is 12.3. The van der Waals surface area contributed by atoms with Gasteiger partial charge in [0.25, 0.3) is 0 Å². The average Bonchev–Trinajstić information content (AvgIpc) is 3.24. The zero-order valence-electron chi connectivity index (χ0n) is 15.9. The topological polar surface area (TPSA) is 177 Å². The molecule has 31 heavy (non-hydrogen) atoms. The quantitative estimate of drug-likeness (QED) is 0.480. The summed E-state index contributed by atoms with van der Waals surface area (Å²) in [6, 6.07) is 15.0. The molecule has 2 fully saturated rings. The number of carboxylic acid groups (broad SMARTS) is 4. The van der Waals surface area contributed by atoms with Gasteiger partial charge in [-0.3, -0.25) is 0 Å². The number of aliphatic carboxylic acids is 4. The molecule has 2 aliphatic rings. The summed E-state index contributed by atoms with van der Waals surface area (Å²) in [5.74, 6) is -15.0. The third-order valence-electron chi connectivity index (χ3n) is 6.77. The monoisotopic (exact) mass is 422 g/mol. The first kappa shape index (κ1) is 20.5. The van der Waals surface area contributed by atoms with E-state index in [4.69, 9.17) is 0 Å². The lowest BCUT2D eigenvalue weighted by Gasteiger charge is -2.47. The van der Waals surface area contributed by atoms with E-state index in [1.54, 1.807) is 12.1 Å². The van der Waals surface area contributed by atoms with E-state index in [2.05, 4.69) is 0 Å². The second-order valence-corrected chi connectivity index (χ2v) is 7.93. The van der Waals surface area contributed by atoms with Gasteiger partial charge in [0.15, 0.2) is 0 Å². The third-order valence-corrected chi connectivity index (χ3v) is 6.77. The molecule has 2 aromatic carbocycles. The van der Waals surface area contributed by atoms with Crippen LogP contribution >= 0.6 is 0 Å². The van der Waals surface area contributed by atoms with E-state index >= 15 is 0 Å². The number of quaternary nitrogens is 1. The lowest BCUT2D eigenvalue weighted by Crippen LogP contribution is -2.98. The Labute approximate surface area is 175 Å². The molecule has 4 rings (SSSR count). The van der Waals surface area contributed by atoms with Gasteiger partial charge in [-0.15, -0.1) is 0 Å². The number of hydrogen-bond donors (Lipinski definition) is 1. The highest BCUT2D eigenvalue weighted by Crippen LogP contribution is 2.60. The van der Waals surface area contributed by atoms with Gasteiger partial charge in [0.05, 0.1) is 47.5 Å². The molecular formula is C22H16NO8-3. The molecule has 2 N–H and O–H groups in total. The molecule has 0 aliphatic carbocycles. The van der Waals surface area contributed by atoms with Crippen LogP contribution in [0.2, 0.25) is 0 Å². The highest BCUT2D eigenvalue weighted by molar-refractivity contribution is 5.89. The van der Waals surface area contributed by atoms with Gasteiger partial charge in [0, 0.05) is 11.1 Å². The maximum atomic E-state index is 12.3. The fraction of sp³-hybridized carbons (Fsp3) is 0.273. The van der Waals surface area contributed by atoms with Crippen molar-refractivity contribution in [2.24, 2.45) is 23.7 Å². The molecule has 2 saturated heterocycles. The molecule has 2 heterocycles. The SMILES string of the molecule is O=C([O-])[C@@H]1[C@@H](C(=O)[O-])C2(c3ccccc3)[NH2+]C1(c1ccccc1)[C@H](C(=O)[O-])[C@@H]2C(=O)[O-]. The van der Waals surface area contributed by atoms with Crippen LogP contribution in [0.5, 0.6) is 0 Å². The molecule has 0 radical (unpaired) electrons. The van der Waals surface area contributed by atoms with E-state index in [0.717, 1.165) is 0 Å². The fourth-order valence-corrected chi connectivity index (χ4v) is 5.91. The number of fused-ring (bicyclic) bond motifs is 2. The van der Waals surface area contributed by atoms with Crippen molar-refractivity contribution in [1.29, 1.82) is 0 Å². The smallest absolute Gasteiger partial charge is 0.140 e. The maximum Gasteiger partial charge on any atom is 0.140 e. The van der Waals surface area contributed by atoms with Gasteiger partial charge in [-0.1, -0.05) is 60.7 Å². The van der Waals surface area contributed by atoms with Crippen LogP contribution in [0.15, 0.2) is 60.7 Å². The van der Waals surface area contributed by atoms with Gasteiger partial charge in [-0.2, -0.15) is 0 Å². The summed E-state index contributed by atoms with van der Waals surface area (Å²) in [5, 5.41) is 50.4. The molecule has 0 amide bonds. The number of carbonyl (C=O) groups is 4. The van der Waals surface area contributed by atoms with E-state index in [-0.39, 0.29) is 11.1 Å². The first-order valence-electron chi connectivity index (χ1n) is 9.51. The zero-order chi connectivity index (χ0) is 22.6. The second-order valence-electron chi connectivity index (χ2n) is 7.93. The average molecular weight is 422 g/mol. The lowest BCUT2D eigenvalue weighted by atomic mass is 9.54. The Morgan fingerprint density at radius 2 is 0.806 bits per heavy atom. The van der Waals surface area contributed by atoms with Crippen LogP contribution in [0.1, 0.15) is 11.1 Å². The summed E-state index contributed by atoms with van der Waals surface area (Å²) in [6.07, 6.45) is 0. The van der Waals surface area contributed by atoms with E-state index in [9.17, 15) is 39.6 Å². The summed E-state index contributed by atoms with van der Waals surface area (Å²) in [4.78, 5) is 49.2. The second kappa shape index (κ2) is 6.92. The first-order chi connectivity index (χ1) is 14.7. The van der Waals surface area contributed by atoms with Gasteiger partial charge >= 0.3 is 0 Å². The number of carbonyl (C=O) groups excluding carboxylic acids is 4. The summed E-state index contributed by atoms with van der Waals surface area (Å²) < 4.78 is 0. The van der Waals surface area contributed by atoms with Gasteiger partial charge in [-0.05, 0) is 0 Å². The van der Waals surface area contributed by atoms with E-state index in [1.807, 2.05) is 0 Å². The minimum absolute atomic E-state index is 0.131. The summed E-state index contributed by atoms with van der Waals surface area (Å²) >= 11 is 0. The van der Waals surface area contributed by atoms with Crippen molar-refractivity contribution in [3.05, 3.63) is 71.8 Å². The first-order valence-corrected chi connectivity index (χ1v) is 9.51. The molecular weight excluding hydrogens is 406 g/mol. The fourth-order valence-electron chi connectivity index (χ4n) is 5.91. The Balaban J connectivity index is 2.16. The van der Waals surface area contributed by atoms with Crippen molar-refractivity contribution in [2.75, 3.05) is 0 Å². The van der Waals surface area contributed by atoms with Crippen LogP contribution in [0.25, 0.3) is 0 Å². The predicted octanol–water partition coefficient (Wildman–Crippen LogP) is -5.17. The van der Waals surface area contributed by atoms with Crippen LogP contribution in [-0.4, -0.2) is 23.9 Å². The Morgan fingerprint density at radius 1 is 0.548 bits per heavy atom. The molecule has 2 unspecified atom stereocenters. The molecule has 160 valence electrons. The Kier molecular flexibility index (Phi) is 4.58. The minimum Gasteiger partial charge on any atom is -0.550 e. The van der Waals surface area contributed by atoms with Crippen LogP contribution in [0, 0.1) is 23.7 Å². The number of hydrogen-bond acceptors (Lipinski definition) is 8. The summed E-state index contributed by atoms with van der Waals surface area (Å²) in [6.45, 7) is 0. The minimum atomic E-state index is -2.04. The molecule has 2 aliphatic heterocycles. The van der Waals surface area contributed by atoms with Crippen LogP contribution in [-0.2, 0) is 30.3 Å². The molecule has 2 aromatic rings. The van der Waals surface area contributed by atoms with Crippen molar-refractivity contribution >= 4 is 23.9 Å². The van der Waals surface area contributed by atoms with Gasteiger partial charge in [-0.25, -0.2) is 0 Å². The van der Waals surface area contributed by atoms with Gasteiger partial charge < -0.3 is 44.9 Å². The van der Waals surface area contributed by atoms with E-state index in [1.165, 1.54) is 53.8 Å². The number of carboxylic acids is 4. The summed E-state index contributed by atoms with van der Waals surface area (Å²) in [7, 11) is 0. The highest BCUT2D eigenvalue weighted by atomic mass is 16.4. The van der Waals surface area contributed by atoms with E-state index in [0.29, 0.717) is 0 Å². The van der Waals surface area contributed by atoms with E-state index < -0.39 is 58.6 Å². The van der Waals surface area contributed by atoms with Crippen LogP contribution < -0.4 is 25.7 Å². The van der Waals surface area contributed by atoms with Crippen molar-refractivity contribution in [1.82, 2.24) is 0 Å². The number of benzene rings is 2. The van der Waals surface area contributed by atoms with Crippen molar-refractivity contribution in [3.8, 4) is 0 Å². The van der Waals surface area contributed by atoms with Crippen molar-refractivity contribution < 1.29 is 44.9 Å². The van der Waals surface area contributed by atoms with Crippen molar-refractivity contribution in [3.63, 3.8) is 0 Å². The molecule has 0 spiro atoms.